The molecule has 2 rings (SSSR count). The van der Waals surface area contributed by atoms with Gasteiger partial charge in [-0.05, 0) is 35.6 Å². The largest absolute Gasteiger partial charge is 0.489 e. The first-order valence-corrected chi connectivity index (χ1v) is 6.95. The Morgan fingerprint density at radius 3 is 2.30 bits per heavy atom. The van der Waals surface area contributed by atoms with E-state index >= 15 is 0 Å². The summed E-state index contributed by atoms with van der Waals surface area (Å²) in [5.74, 6) is 0.874. The first-order valence-electron chi connectivity index (χ1n) is 6.95. The standard InChI is InChI=1S/C18H23NO/c1-13-16(19)10-15(18(2,3)4)11-17(13)20-12-14-8-6-5-7-9-14/h5-11H,12,19H2,1-4H3. The third kappa shape index (κ3) is 3.32. The summed E-state index contributed by atoms with van der Waals surface area (Å²) in [5, 5.41) is 0. The summed E-state index contributed by atoms with van der Waals surface area (Å²) in [5.41, 5.74) is 10.3. The zero-order valence-electron chi connectivity index (χ0n) is 12.7. The van der Waals surface area contributed by atoms with Gasteiger partial charge in [-0.3, -0.25) is 0 Å². The normalized spacial score (nSPS) is 11.4. The zero-order chi connectivity index (χ0) is 14.8. The van der Waals surface area contributed by atoms with Crippen molar-refractivity contribution in [3.8, 4) is 5.75 Å². The van der Waals surface area contributed by atoms with Crippen LogP contribution in [0.4, 0.5) is 5.69 Å². The fourth-order valence-electron chi connectivity index (χ4n) is 2.03. The first-order chi connectivity index (χ1) is 9.38. The summed E-state index contributed by atoms with van der Waals surface area (Å²) in [4.78, 5) is 0. The van der Waals surface area contributed by atoms with Crippen LogP contribution in [0.25, 0.3) is 0 Å². The van der Waals surface area contributed by atoms with Crippen molar-refractivity contribution in [1.29, 1.82) is 0 Å². The van der Waals surface area contributed by atoms with Gasteiger partial charge in [-0.1, -0.05) is 51.1 Å². The topological polar surface area (TPSA) is 35.2 Å². The van der Waals surface area contributed by atoms with Crippen molar-refractivity contribution in [1.82, 2.24) is 0 Å². The Bertz CT molecular complexity index is 582. The SMILES string of the molecule is Cc1c(N)cc(C(C)(C)C)cc1OCc1ccccc1. The summed E-state index contributed by atoms with van der Waals surface area (Å²) >= 11 is 0. The molecule has 0 radical (unpaired) electrons. The van der Waals surface area contributed by atoms with Crippen molar-refractivity contribution >= 4 is 5.69 Å². The Morgan fingerprint density at radius 2 is 1.70 bits per heavy atom. The van der Waals surface area contributed by atoms with E-state index < -0.39 is 0 Å². The van der Waals surface area contributed by atoms with Gasteiger partial charge in [0.25, 0.3) is 0 Å². The molecule has 106 valence electrons. The van der Waals surface area contributed by atoms with Crippen LogP contribution in [0.2, 0.25) is 0 Å². The highest BCUT2D eigenvalue weighted by molar-refractivity contribution is 5.57. The number of benzene rings is 2. The van der Waals surface area contributed by atoms with Crippen LogP contribution in [0.3, 0.4) is 0 Å². The molecule has 0 fully saturated rings. The van der Waals surface area contributed by atoms with Gasteiger partial charge in [-0.25, -0.2) is 0 Å². The first kappa shape index (κ1) is 14.4. The Hall–Kier alpha value is -1.96. The van der Waals surface area contributed by atoms with Gasteiger partial charge in [0, 0.05) is 11.3 Å². The Kier molecular flexibility index (Phi) is 4.03. The van der Waals surface area contributed by atoms with E-state index in [-0.39, 0.29) is 5.41 Å². The quantitative estimate of drug-likeness (QED) is 0.835. The van der Waals surface area contributed by atoms with E-state index in [4.69, 9.17) is 10.5 Å². The lowest BCUT2D eigenvalue weighted by Crippen LogP contribution is -2.12. The van der Waals surface area contributed by atoms with E-state index in [0.717, 1.165) is 22.6 Å². The summed E-state index contributed by atoms with van der Waals surface area (Å²) in [6.07, 6.45) is 0. The van der Waals surface area contributed by atoms with Gasteiger partial charge in [0.15, 0.2) is 0 Å². The smallest absolute Gasteiger partial charge is 0.125 e. The third-order valence-corrected chi connectivity index (χ3v) is 3.50. The van der Waals surface area contributed by atoms with E-state index in [1.54, 1.807) is 0 Å². The molecule has 0 aromatic heterocycles. The number of anilines is 1. The monoisotopic (exact) mass is 269 g/mol. The van der Waals surface area contributed by atoms with Crippen molar-refractivity contribution in [3.05, 3.63) is 59.2 Å². The molecule has 0 amide bonds. The molecular formula is C18H23NO. The Labute approximate surface area is 121 Å². The van der Waals surface area contributed by atoms with Crippen LogP contribution in [-0.2, 0) is 12.0 Å². The van der Waals surface area contributed by atoms with Crippen LogP contribution >= 0.6 is 0 Å². The fraction of sp³-hybridized carbons (Fsp3) is 0.333. The molecule has 0 aliphatic rings. The number of hydrogen-bond acceptors (Lipinski definition) is 2. The molecule has 0 aliphatic carbocycles. The van der Waals surface area contributed by atoms with Crippen LogP contribution in [0.1, 0.15) is 37.5 Å². The zero-order valence-corrected chi connectivity index (χ0v) is 12.7. The second-order valence-corrected chi connectivity index (χ2v) is 6.21. The average molecular weight is 269 g/mol. The minimum atomic E-state index is 0.0622. The molecule has 20 heavy (non-hydrogen) atoms. The number of hydrogen-bond donors (Lipinski definition) is 1. The minimum absolute atomic E-state index is 0.0622. The lowest BCUT2D eigenvalue weighted by Gasteiger charge is -2.22. The van der Waals surface area contributed by atoms with Crippen molar-refractivity contribution in [2.45, 2.75) is 39.7 Å². The molecule has 2 heteroatoms. The molecule has 2 aromatic carbocycles. The predicted octanol–water partition coefficient (Wildman–Crippen LogP) is 4.45. The lowest BCUT2D eigenvalue weighted by atomic mass is 9.86. The van der Waals surface area contributed by atoms with Gasteiger partial charge >= 0.3 is 0 Å². The molecule has 0 saturated carbocycles. The summed E-state index contributed by atoms with van der Waals surface area (Å²) < 4.78 is 5.96. The van der Waals surface area contributed by atoms with Crippen molar-refractivity contribution in [2.75, 3.05) is 5.73 Å². The highest BCUT2D eigenvalue weighted by Gasteiger charge is 2.17. The highest BCUT2D eigenvalue weighted by Crippen LogP contribution is 2.32. The molecule has 0 atom stereocenters. The maximum Gasteiger partial charge on any atom is 0.125 e. The van der Waals surface area contributed by atoms with Gasteiger partial charge in [0.1, 0.15) is 12.4 Å². The maximum atomic E-state index is 6.11. The molecule has 0 heterocycles. The minimum Gasteiger partial charge on any atom is -0.489 e. The summed E-state index contributed by atoms with van der Waals surface area (Å²) in [6, 6.07) is 14.3. The van der Waals surface area contributed by atoms with Crippen LogP contribution < -0.4 is 10.5 Å². The number of nitrogen functional groups attached to an aromatic ring is 1. The van der Waals surface area contributed by atoms with Crippen LogP contribution in [0.5, 0.6) is 5.75 Å². The molecule has 0 saturated heterocycles. The van der Waals surface area contributed by atoms with Crippen molar-refractivity contribution in [3.63, 3.8) is 0 Å². The highest BCUT2D eigenvalue weighted by atomic mass is 16.5. The van der Waals surface area contributed by atoms with Crippen LogP contribution in [-0.4, -0.2) is 0 Å². The third-order valence-electron chi connectivity index (χ3n) is 3.50. The van der Waals surface area contributed by atoms with Gasteiger partial charge in [0.05, 0.1) is 0 Å². The van der Waals surface area contributed by atoms with Gasteiger partial charge in [-0.15, -0.1) is 0 Å². The Balaban J connectivity index is 2.25. The molecule has 2 N–H and O–H groups in total. The lowest BCUT2D eigenvalue weighted by molar-refractivity contribution is 0.303. The van der Waals surface area contributed by atoms with Crippen molar-refractivity contribution < 1.29 is 4.74 Å². The van der Waals surface area contributed by atoms with Gasteiger partial charge < -0.3 is 10.5 Å². The number of nitrogens with two attached hydrogens (primary N) is 1. The fourth-order valence-corrected chi connectivity index (χ4v) is 2.03. The van der Waals surface area contributed by atoms with Gasteiger partial charge in [-0.2, -0.15) is 0 Å². The molecule has 0 bridgehead atoms. The van der Waals surface area contributed by atoms with E-state index in [2.05, 4.69) is 39.0 Å². The van der Waals surface area contributed by atoms with E-state index in [1.807, 2.05) is 31.2 Å². The van der Waals surface area contributed by atoms with E-state index in [9.17, 15) is 0 Å². The maximum absolute atomic E-state index is 6.11. The number of rotatable bonds is 3. The summed E-state index contributed by atoms with van der Waals surface area (Å²) in [6.45, 7) is 9.10. The predicted molar refractivity (Wildman–Crippen MR) is 85.1 cm³/mol. The molecule has 2 nitrogen and oxygen atoms in total. The molecule has 0 aliphatic heterocycles. The average Bonchev–Trinajstić information content (AvgIpc) is 2.40. The van der Waals surface area contributed by atoms with Gasteiger partial charge in [0.2, 0.25) is 0 Å². The molecular weight excluding hydrogens is 246 g/mol. The molecule has 0 unspecified atom stereocenters. The second kappa shape index (κ2) is 5.58. The Morgan fingerprint density at radius 1 is 1.05 bits per heavy atom. The van der Waals surface area contributed by atoms with E-state index in [0.29, 0.717) is 6.61 Å². The van der Waals surface area contributed by atoms with Crippen molar-refractivity contribution in [2.24, 2.45) is 0 Å². The van der Waals surface area contributed by atoms with Crippen LogP contribution in [0, 0.1) is 6.92 Å². The summed E-state index contributed by atoms with van der Waals surface area (Å²) in [7, 11) is 0. The van der Waals surface area contributed by atoms with E-state index in [1.165, 1.54) is 5.56 Å². The molecule has 2 aromatic rings. The second-order valence-electron chi connectivity index (χ2n) is 6.21. The molecule has 0 spiro atoms. The van der Waals surface area contributed by atoms with Crippen LogP contribution in [0.15, 0.2) is 42.5 Å². The number of ether oxygens (including phenoxy) is 1.